The van der Waals surface area contributed by atoms with E-state index in [4.69, 9.17) is 4.74 Å². The first kappa shape index (κ1) is 13.3. The summed E-state index contributed by atoms with van der Waals surface area (Å²) in [5.41, 5.74) is 0.186. The van der Waals surface area contributed by atoms with Gasteiger partial charge < -0.3 is 4.74 Å². The molecule has 106 valence electrons. The lowest BCUT2D eigenvalue weighted by Gasteiger charge is -2.04. The quantitative estimate of drug-likeness (QED) is 0.625. The minimum Gasteiger partial charge on any atom is -0.437 e. The predicted octanol–water partition coefficient (Wildman–Crippen LogP) is 2.12. The number of non-ortho nitro benzene ring substituents is 1. The number of hydrogen-bond acceptors (Lipinski definition) is 5. The highest BCUT2D eigenvalue weighted by atomic mass is 32.2. The van der Waals surface area contributed by atoms with Crippen molar-refractivity contribution in [2.45, 2.75) is 4.90 Å². The summed E-state index contributed by atoms with van der Waals surface area (Å²) < 4.78 is 32.7. The van der Waals surface area contributed by atoms with E-state index < -0.39 is 14.9 Å². The van der Waals surface area contributed by atoms with Crippen molar-refractivity contribution in [1.29, 1.82) is 0 Å². The Kier molecular flexibility index (Phi) is 2.95. The standard InChI is InChI=1S/C13H8N2O5S/c16-15(17)9-4-3-5-10(8-9)20-13-11-6-1-2-7-12(11)21(18,19)14-13/h1-8H. The zero-order valence-electron chi connectivity index (χ0n) is 10.5. The highest BCUT2D eigenvalue weighted by Crippen LogP contribution is 2.28. The third-order valence-corrected chi connectivity index (χ3v) is 4.16. The Hall–Kier alpha value is -2.74. The molecule has 0 aromatic heterocycles. The zero-order valence-corrected chi connectivity index (χ0v) is 11.3. The van der Waals surface area contributed by atoms with Gasteiger partial charge in [0.05, 0.1) is 16.6 Å². The van der Waals surface area contributed by atoms with Crippen molar-refractivity contribution in [1.82, 2.24) is 0 Å². The van der Waals surface area contributed by atoms with Crippen molar-refractivity contribution in [3.8, 4) is 5.75 Å². The first-order valence-corrected chi connectivity index (χ1v) is 7.28. The molecule has 0 bridgehead atoms. The Morgan fingerprint density at radius 3 is 2.62 bits per heavy atom. The van der Waals surface area contributed by atoms with E-state index in [9.17, 15) is 18.5 Å². The van der Waals surface area contributed by atoms with Crippen LogP contribution in [-0.2, 0) is 10.0 Å². The van der Waals surface area contributed by atoms with E-state index in [0.29, 0.717) is 5.56 Å². The van der Waals surface area contributed by atoms with Gasteiger partial charge in [-0.2, -0.15) is 8.42 Å². The summed E-state index contributed by atoms with van der Waals surface area (Å²) >= 11 is 0. The second-order valence-electron chi connectivity index (χ2n) is 4.22. The summed E-state index contributed by atoms with van der Waals surface area (Å²) in [7, 11) is -3.77. The van der Waals surface area contributed by atoms with Crippen LogP contribution in [0.2, 0.25) is 0 Å². The lowest BCUT2D eigenvalue weighted by molar-refractivity contribution is -0.384. The molecule has 1 aliphatic rings. The molecule has 8 heteroatoms. The van der Waals surface area contributed by atoms with Crippen LogP contribution in [0.15, 0.2) is 57.8 Å². The Labute approximate surface area is 119 Å². The molecule has 21 heavy (non-hydrogen) atoms. The number of hydrogen-bond donors (Lipinski definition) is 0. The molecular weight excluding hydrogens is 296 g/mol. The molecule has 0 N–H and O–H groups in total. The minimum atomic E-state index is -3.77. The zero-order chi connectivity index (χ0) is 15.0. The number of sulfonamides is 1. The first-order chi connectivity index (χ1) is 9.97. The molecule has 0 atom stereocenters. The first-order valence-electron chi connectivity index (χ1n) is 5.84. The van der Waals surface area contributed by atoms with Crippen LogP contribution in [0.5, 0.6) is 5.75 Å². The van der Waals surface area contributed by atoms with Gasteiger partial charge in [0.2, 0.25) is 5.90 Å². The molecule has 0 radical (unpaired) electrons. The van der Waals surface area contributed by atoms with Gasteiger partial charge >= 0.3 is 0 Å². The Morgan fingerprint density at radius 2 is 1.86 bits per heavy atom. The second kappa shape index (κ2) is 4.67. The lowest BCUT2D eigenvalue weighted by Crippen LogP contribution is -2.07. The molecule has 0 saturated carbocycles. The van der Waals surface area contributed by atoms with Crippen molar-refractivity contribution >= 4 is 21.6 Å². The third kappa shape index (κ3) is 2.36. The topological polar surface area (TPSA) is 98.9 Å². The fraction of sp³-hybridized carbons (Fsp3) is 0. The Balaban J connectivity index is 2.00. The lowest BCUT2D eigenvalue weighted by atomic mass is 10.2. The molecule has 0 amide bonds. The largest absolute Gasteiger partial charge is 0.437 e. The van der Waals surface area contributed by atoms with E-state index in [1.807, 2.05) is 0 Å². The van der Waals surface area contributed by atoms with Crippen molar-refractivity contribution in [3.63, 3.8) is 0 Å². The number of benzene rings is 2. The van der Waals surface area contributed by atoms with Crippen LogP contribution in [0.4, 0.5) is 5.69 Å². The van der Waals surface area contributed by atoms with E-state index in [1.54, 1.807) is 18.2 Å². The minimum absolute atomic E-state index is 0.0606. The molecule has 0 aliphatic carbocycles. The average Bonchev–Trinajstić information content (AvgIpc) is 2.71. The van der Waals surface area contributed by atoms with E-state index in [1.165, 1.54) is 30.3 Å². The summed E-state index contributed by atoms with van der Waals surface area (Å²) in [5.74, 6) is 0.0564. The highest BCUT2D eigenvalue weighted by molar-refractivity contribution is 7.90. The van der Waals surface area contributed by atoms with Crippen molar-refractivity contribution < 1.29 is 18.1 Å². The van der Waals surface area contributed by atoms with Gasteiger partial charge in [-0.1, -0.05) is 18.2 Å². The van der Waals surface area contributed by atoms with Crippen LogP contribution in [0.25, 0.3) is 0 Å². The molecule has 1 aliphatic heterocycles. The number of nitro groups is 1. The van der Waals surface area contributed by atoms with Gasteiger partial charge in [-0.05, 0) is 18.2 Å². The molecule has 3 rings (SSSR count). The van der Waals surface area contributed by atoms with E-state index in [-0.39, 0.29) is 22.2 Å². The summed E-state index contributed by atoms with van der Waals surface area (Å²) in [6.07, 6.45) is 0. The maximum atomic E-state index is 11.9. The summed E-state index contributed by atoms with van der Waals surface area (Å²) in [6.45, 7) is 0. The Bertz CT molecular complexity index is 874. The number of nitrogens with zero attached hydrogens (tertiary/aromatic N) is 2. The molecule has 2 aromatic rings. The van der Waals surface area contributed by atoms with Crippen LogP contribution in [0, 0.1) is 10.1 Å². The second-order valence-corrected chi connectivity index (χ2v) is 5.80. The summed E-state index contributed by atoms with van der Waals surface area (Å²) in [4.78, 5) is 10.2. The van der Waals surface area contributed by atoms with Crippen LogP contribution in [0.3, 0.4) is 0 Å². The van der Waals surface area contributed by atoms with Crippen molar-refractivity contribution in [2.24, 2.45) is 4.40 Å². The highest BCUT2D eigenvalue weighted by Gasteiger charge is 2.30. The van der Waals surface area contributed by atoms with Gasteiger partial charge in [-0.15, -0.1) is 4.40 Å². The van der Waals surface area contributed by atoms with Gasteiger partial charge in [0.25, 0.3) is 15.7 Å². The van der Waals surface area contributed by atoms with Gasteiger partial charge in [0.15, 0.2) is 0 Å². The fourth-order valence-corrected chi connectivity index (χ4v) is 3.06. The van der Waals surface area contributed by atoms with Crippen LogP contribution < -0.4 is 4.74 Å². The molecule has 1 heterocycles. The third-order valence-electron chi connectivity index (χ3n) is 2.84. The van der Waals surface area contributed by atoms with Gasteiger partial charge in [0.1, 0.15) is 10.6 Å². The molecule has 0 unspecified atom stereocenters. The van der Waals surface area contributed by atoms with E-state index >= 15 is 0 Å². The smallest absolute Gasteiger partial charge is 0.286 e. The molecular formula is C13H8N2O5S. The number of nitro benzene ring substituents is 1. The van der Waals surface area contributed by atoms with Crippen LogP contribution in [-0.4, -0.2) is 19.2 Å². The van der Waals surface area contributed by atoms with Crippen LogP contribution >= 0.6 is 0 Å². The summed E-state index contributed by atoms with van der Waals surface area (Å²) in [6, 6.07) is 11.7. The molecule has 7 nitrogen and oxygen atoms in total. The number of ether oxygens (including phenoxy) is 1. The molecule has 0 fully saturated rings. The number of rotatable bonds is 2. The van der Waals surface area contributed by atoms with Gasteiger partial charge in [-0.3, -0.25) is 10.1 Å². The van der Waals surface area contributed by atoms with Crippen molar-refractivity contribution in [3.05, 3.63) is 64.2 Å². The van der Waals surface area contributed by atoms with E-state index in [2.05, 4.69) is 4.40 Å². The molecule has 0 spiro atoms. The SMILES string of the molecule is O=[N+]([O-])c1cccc(OC2=NS(=O)(=O)c3ccccc32)c1. The van der Waals surface area contributed by atoms with Crippen LogP contribution in [0.1, 0.15) is 5.56 Å². The monoisotopic (exact) mass is 304 g/mol. The fourth-order valence-electron chi connectivity index (χ4n) is 1.92. The average molecular weight is 304 g/mol. The summed E-state index contributed by atoms with van der Waals surface area (Å²) in [5, 5.41) is 10.7. The van der Waals surface area contributed by atoms with E-state index in [0.717, 1.165) is 0 Å². The normalized spacial score (nSPS) is 15.1. The maximum Gasteiger partial charge on any atom is 0.286 e. The van der Waals surface area contributed by atoms with Gasteiger partial charge in [0, 0.05) is 6.07 Å². The maximum absolute atomic E-state index is 11.9. The number of fused-ring (bicyclic) bond motifs is 1. The molecule has 2 aromatic carbocycles. The Morgan fingerprint density at radius 1 is 1.10 bits per heavy atom. The predicted molar refractivity (Wildman–Crippen MR) is 73.9 cm³/mol. The van der Waals surface area contributed by atoms with Gasteiger partial charge in [-0.25, -0.2) is 0 Å². The molecule has 0 saturated heterocycles. The van der Waals surface area contributed by atoms with Crippen molar-refractivity contribution in [2.75, 3.05) is 0 Å².